The zero-order valence-corrected chi connectivity index (χ0v) is 7.66. The van der Waals surface area contributed by atoms with Gasteiger partial charge in [0.2, 0.25) is 0 Å². The van der Waals surface area contributed by atoms with E-state index in [0.29, 0.717) is 0 Å². The van der Waals surface area contributed by atoms with Gasteiger partial charge in [-0.2, -0.15) is 0 Å². The summed E-state index contributed by atoms with van der Waals surface area (Å²) in [5, 5.41) is 0. The number of rotatable bonds is 4. The molecule has 10 heavy (non-hydrogen) atoms. The van der Waals surface area contributed by atoms with Crippen LogP contribution in [-0.4, -0.2) is 6.16 Å². The second kappa shape index (κ2) is 6.77. The van der Waals surface area contributed by atoms with Gasteiger partial charge in [-0.3, -0.25) is 0 Å². The lowest BCUT2D eigenvalue weighted by molar-refractivity contribution is 1.25. The van der Waals surface area contributed by atoms with Gasteiger partial charge in [-0.15, -0.1) is 9.24 Å². The van der Waals surface area contributed by atoms with Crippen molar-refractivity contribution in [3.8, 4) is 0 Å². The van der Waals surface area contributed by atoms with E-state index in [2.05, 4.69) is 28.0 Å². The van der Waals surface area contributed by atoms with Crippen molar-refractivity contribution in [1.82, 2.24) is 0 Å². The summed E-state index contributed by atoms with van der Waals surface area (Å²) < 4.78 is 0. The Bertz CT molecular complexity index is 143. The lowest BCUT2D eigenvalue weighted by Gasteiger charge is -1.82. The first-order valence-electron chi connectivity index (χ1n) is 3.46. The van der Waals surface area contributed by atoms with Crippen LogP contribution >= 0.6 is 9.24 Å². The zero-order valence-electron chi connectivity index (χ0n) is 6.51. The molecule has 0 aromatic rings. The summed E-state index contributed by atoms with van der Waals surface area (Å²) >= 11 is 0. The Morgan fingerprint density at radius 2 is 2.20 bits per heavy atom. The predicted octanol–water partition coefficient (Wildman–Crippen LogP) is 2.94. The first kappa shape index (κ1) is 9.65. The van der Waals surface area contributed by atoms with E-state index in [1.54, 1.807) is 0 Å². The van der Waals surface area contributed by atoms with E-state index in [-0.39, 0.29) is 0 Å². The third kappa shape index (κ3) is 7.65. The van der Waals surface area contributed by atoms with Crippen LogP contribution in [0.2, 0.25) is 0 Å². The van der Waals surface area contributed by atoms with E-state index in [0.717, 1.165) is 18.2 Å². The molecule has 0 aliphatic rings. The van der Waals surface area contributed by atoms with E-state index in [4.69, 9.17) is 0 Å². The Labute approximate surface area is 65.9 Å². The Balaban J connectivity index is 3.42. The molecule has 0 aromatic carbocycles. The van der Waals surface area contributed by atoms with Crippen molar-refractivity contribution < 1.29 is 0 Å². The minimum atomic E-state index is 1.09. The standard InChI is InChI=1S/C9H15P/c1-9(2)7-5-3-4-6-8-10/h3-5,7H,1,6,8,10H2,2H3/b4-3-,7-5-. The quantitative estimate of drug-likeness (QED) is 0.431. The van der Waals surface area contributed by atoms with Crippen molar-refractivity contribution >= 4 is 9.24 Å². The second-order valence-electron chi connectivity index (χ2n) is 2.21. The fraction of sp³-hybridized carbons (Fsp3) is 0.333. The highest BCUT2D eigenvalue weighted by Gasteiger charge is 1.71. The van der Waals surface area contributed by atoms with Gasteiger partial charge in [-0.25, -0.2) is 0 Å². The van der Waals surface area contributed by atoms with E-state index >= 15 is 0 Å². The molecule has 0 amide bonds. The van der Waals surface area contributed by atoms with Gasteiger partial charge in [0.05, 0.1) is 0 Å². The van der Waals surface area contributed by atoms with Crippen LogP contribution in [0.5, 0.6) is 0 Å². The summed E-state index contributed by atoms with van der Waals surface area (Å²) in [6.07, 6.45) is 10.5. The molecule has 0 saturated carbocycles. The van der Waals surface area contributed by atoms with Crippen molar-refractivity contribution in [2.75, 3.05) is 6.16 Å². The summed E-state index contributed by atoms with van der Waals surface area (Å²) in [5.41, 5.74) is 1.09. The molecule has 0 fully saturated rings. The van der Waals surface area contributed by atoms with Gasteiger partial charge in [0, 0.05) is 0 Å². The maximum absolute atomic E-state index is 3.75. The molecule has 0 aliphatic heterocycles. The molecular formula is C9H15P. The Morgan fingerprint density at radius 3 is 2.70 bits per heavy atom. The predicted molar refractivity (Wildman–Crippen MR) is 52.3 cm³/mol. The van der Waals surface area contributed by atoms with Crippen LogP contribution in [0.15, 0.2) is 36.5 Å². The van der Waals surface area contributed by atoms with Crippen LogP contribution in [0.4, 0.5) is 0 Å². The molecule has 0 nitrogen and oxygen atoms in total. The third-order valence-electron chi connectivity index (χ3n) is 0.961. The fourth-order valence-corrected chi connectivity index (χ4v) is 0.683. The molecule has 0 spiro atoms. The summed E-state index contributed by atoms with van der Waals surface area (Å²) in [6.45, 7) is 5.73. The van der Waals surface area contributed by atoms with E-state index in [1.807, 2.05) is 19.1 Å². The molecule has 1 heteroatoms. The lowest BCUT2D eigenvalue weighted by Crippen LogP contribution is -1.64. The third-order valence-corrected chi connectivity index (χ3v) is 1.29. The fourth-order valence-electron chi connectivity index (χ4n) is 0.491. The topological polar surface area (TPSA) is 0 Å². The van der Waals surface area contributed by atoms with Gasteiger partial charge in [-0.05, 0) is 19.5 Å². The molecule has 0 heterocycles. The molecule has 0 rings (SSSR count). The van der Waals surface area contributed by atoms with Crippen LogP contribution in [0.1, 0.15) is 13.3 Å². The molecule has 0 aromatic heterocycles. The Hall–Kier alpha value is -0.350. The van der Waals surface area contributed by atoms with Gasteiger partial charge in [0.1, 0.15) is 0 Å². The largest absolute Gasteiger partial charge is 0.137 e. The van der Waals surface area contributed by atoms with Crippen molar-refractivity contribution in [3.05, 3.63) is 36.5 Å². The maximum atomic E-state index is 3.75. The van der Waals surface area contributed by atoms with Gasteiger partial charge in [0.15, 0.2) is 0 Å². The monoisotopic (exact) mass is 154 g/mol. The van der Waals surface area contributed by atoms with Crippen molar-refractivity contribution in [2.24, 2.45) is 0 Å². The Kier molecular flexibility index (Phi) is 6.53. The summed E-state index contributed by atoms with van der Waals surface area (Å²) in [4.78, 5) is 0. The molecule has 1 unspecified atom stereocenters. The molecule has 56 valence electrons. The summed E-state index contributed by atoms with van der Waals surface area (Å²) in [7, 11) is 2.69. The molecule has 1 atom stereocenters. The van der Waals surface area contributed by atoms with Gasteiger partial charge >= 0.3 is 0 Å². The number of allylic oxidation sites excluding steroid dienone is 5. The lowest BCUT2D eigenvalue weighted by atomic mass is 10.3. The highest BCUT2D eigenvalue weighted by atomic mass is 31.0. The summed E-state index contributed by atoms with van der Waals surface area (Å²) in [6, 6.07) is 0. The SMILES string of the molecule is C=C(C)/C=C\C=C/CCP. The smallest absolute Gasteiger partial charge is 0.0313 e. The molecule has 0 N–H and O–H groups in total. The van der Waals surface area contributed by atoms with Gasteiger partial charge in [-0.1, -0.05) is 36.5 Å². The molecule has 0 aliphatic carbocycles. The van der Waals surface area contributed by atoms with E-state index in [9.17, 15) is 0 Å². The number of hydrogen-bond acceptors (Lipinski definition) is 0. The second-order valence-corrected chi connectivity index (χ2v) is 2.79. The highest BCUT2D eigenvalue weighted by molar-refractivity contribution is 7.16. The van der Waals surface area contributed by atoms with Crippen LogP contribution in [0, 0.1) is 0 Å². The zero-order chi connectivity index (χ0) is 7.82. The first-order chi connectivity index (χ1) is 4.77. The average Bonchev–Trinajstić information content (AvgIpc) is 1.87. The molecular weight excluding hydrogens is 139 g/mol. The van der Waals surface area contributed by atoms with Crippen molar-refractivity contribution in [1.29, 1.82) is 0 Å². The molecule has 0 radical (unpaired) electrons. The first-order valence-corrected chi connectivity index (χ1v) is 4.28. The minimum Gasteiger partial charge on any atom is -0.137 e. The Morgan fingerprint density at radius 1 is 1.50 bits per heavy atom. The molecule has 0 bridgehead atoms. The number of hydrogen-bond donors (Lipinski definition) is 0. The van der Waals surface area contributed by atoms with Crippen LogP contribution in [0.3, 0.4) is 0 Å². The van der Waals surface area contributed by atoms with Crippen molar-refractivity contribution in [2.45, 2.75) is 13.3 Å². The van der Waals surface area contributed by atoms with Crippen LogP contribution in [-0.2, 0) is 0 Å². The van der Waals surface area contributed by atoms with Crippen molar-refractivity contribution in [3.63, 3.8) is 0 Å². The average molecular weight is 154 g/mol. The highest BCUT2D eigenvalue weighted by Crippen LogP contribution is 1.92. The molecule has 0 saturated heterocycles. The van der Waals surface area contributed by atoms with E-state index < -0.39 is 0 Å². The summed E-state index contributed by atoms with van der Waals surface area (Å²) in [5.74, 6) is 0. The maximum Gasteiger partial charge on any atom is -0.0313 e. The van der Waals surface area contributed by atoms with Gasteiger partial charge in [0.25, 0.3) is 0 Å². The van der Waals surface area contributed by atoms with E-state index in [1.165, 1.54) is 0 Å². The van der Waals surface area contributed by atoms with Crippen LogP contribution < -0.4 is 0 Å². The minimum absolute atomic E-state index is 1.09. The van der Waals surface area contributed by atoms with Crippen LogP contribution in [0.25, 0.3) is 0 Å². The normalized spacial score (nSPS) is 11.4. The van der Waals surface area contributed by atoms with Gasteiger partial charge < -0.3 is 0 Å².